The van der Waals surface area contributed by atoms with Crippen LogP contribution in [0.5, 0.6) is 5.75 Å². The van der Waals surface area contributed by atoms with Gasteiger partial charge >= 0.3 is 0 Å². The summed E-state index contributed by atoms with van der Waals surface area (Å²) >= 11 is 0. The fraction of sp³-hybridized carbons (Fsp3) is 0.333. The number of ether oxygens (including phenoxy) is 1. The number of carbonyl (C=O) groups excluding carboxylic acids is 1. The largest absolute Gasteiger partial charge is 0.497 e. The SMILES string of the molecule is COc1ccc(CC(C)N(C)C(=O)/C=C/c2cnn(C)c2)cc1. The predicted octanol–water partition coefficient (Wildman–Crippen LogP) is 2.53. The van der Waals surface area contributed by atoms with Gasteiger partial charge in [0.1, 0.15) is 5.75 Å². The van der Waals surface area contributed by atoms with E-state index in [4.69, 9.17) is 4.74 Å². The third kappa shape index (κ3) is 4.71. The number of rotatable bonds is 6. The maximum atomic E-state index is 12.2. The third-order valence-corrected chi connectivity index (χ3v) is 3.84. The normalized spacial score (nSPS) is 12.3. The lowest BCUT2D eigenvalue weighted by Crippen LogP contribution is -2.35. The molecular formula is C18H23N3O2. The molecule has 1 heterocycles. The summed E-state index contributed by atoms with van der Waals surface area (Å²) in [5.41, 5.74) is 2.09. The van der Waals surface area contributed by atoms with Gasteiger partial charge in [0.05, 0.1) is 13.3 Å². The summed E-state index contributed by atoms with van der Waals surface area (Å²) in [5.74, 6) is 0.820. The Bertz CT molecular complexity index is 674. The minimum Gasteiger partial charge on any atom is -0.497 e. The maximum absolute atomic E-state index is 12.2. The molecule has 1 aromatic heterocycles. The van der Waals surface area contributed by atoms with Crippen molar-refractivity contribution in [2.24, 2.45) is 7.05 Å². The van der Waals surface area contributed by atoms with Crippen molar-refractivity contribution in [1.82, 2.24) is 14.7 Å². The van der Waals surface area contributed by atoms with E-state index in [1.165, 1.54) is 5.56 Å². The number of methoxy groups -OCH3 is 1. The lowest BCUT2D eigenvalue weighted by Gasteiger charge is -2.24. The molecule has 0 aliphatic carbocycles. The second kappa shape index (κ2) is 7.63. The van der Waals surface area contributed by atoms with Crippen molar-refractivity contribution < 1.29 is 9.53 Å². The molecule has 0 aliphatic heterocycles. The van der Waals surface area contributed by atoms with Crippen molar-refractivity contribution in [3.8, 4) is 5.75 Å². The minimum atomic E-state index is -0.0186. The number of hydrogen-bond donors (Lipinski definition) is 0. The average Bonchev–Trinajstić information content (AvgIpc) is 2.98. The Morgan fingerprint density at radius 1 is 1.39 bits per heavy atom. The summed E-state index contributed by atoms with van der Waals surface area (Å²) in [5, 5.41) is 4.07. The van der Waals surface area contributed by atoms with Crippen LogP contribution in [0, 0.1) is 0 Å². The molecule has 5 heteroatoms. The van der Waals surface area contributed by atoms with Crippen molar-refractivity contribution >= 4 is 12.0 Å². The molecule has 122 valence electrons. The first-order chi connectivity index (χ1) is 11.0. The molecule has 2 rings (SSSR count). The number of aromatic nitrogens is 2. The molecule has 1 atom stereocenters. The Kier molecular flexibility index (Phi) is 5.57. The van der Waals surface area contributed by atoms with Gasteiger partial charge in [0, 0.05) is 38.0 Å². The van der Waals surface area contributed by atoms with Gasteiger partial charge in [-0.25, -0.2) is 0 Å². The first kappa shape index (κ1) is 16.8. The standard InChI is InChI=1S/C18H23N3O2/c1-14(11-15-5-8-17(23-4)9-6-15)21(3)18(22)10-7-16-12-19-20(2)13-16/h5-10,12-14H,11H2,1-4H3/b10-7+. The van der Waals surface area contributed by atoms with Gasteiger partial charge in [-0.1, -0.05) is 12.1 Å². The molecule has 23 heavy (non-hydrogen) atoms. The number of hydrogen-bond acceptors (Lipinski definition) is 3. The molecule has 1 unspecified atom stereocenters. The van der Waals surface area contributed by atoms with E-state index < -0.39 is 0 Å². The van der Waals surface area contributed by atoms with Crippen molar-refractivity contribution in [3.05, 3.63) is 53.9 Å². The Morgan fingerprint density at radius 3 is 2.65 bits per heavy atom. The second-order valence-electron chi connectivity index (χ2n) is 5.63. The summed E-state index contributed by atoms with van der Waals surface area (Å²) in [4.78, 5) is 14.0. The summed E-state index contributed by atoms with van der Waals surface area (Å²) in [7, 11) is 5.32. The van der Waals surface area contributed by atoms with E-state index >= 15 is 0 Å². The van der Waals surface area contributed by atoms with Crippen LogP contribution >= 0.6 is 0 Å². The highest BCUT2D eigenvalue weighted by Crippen LogP contribution is 2.14. The van der Waals surface area contributed by atoms with Gasteiger partial charge in [-0.3, -0.25) is 9.48 Å². The third-order valence-electron chi connectivity index (χ3n) is 3.84. The van der Waals surface area contributed by atoms with Gasteiger partial charge < -0.3 is 9.64 Å². The Morgan fingerprint density at radius 2 is 2.09 bits per heavy atom. The number of aryl methyl sites for hydroxylation is 1. The van der Waals surface area contributed by atoms with Crippen LogP contribution in [0.2, 0.25) is 0 Å². The topological polar surface area (TPSA) is 47.4 Å². The van der Waals surface area contributed by atoms with Gasteiger partial charge in [-0.15, -0.1) is 0 Å². The van der Waals surface area contributed by atoms with E-state index in [9.17, 15) is 4.79 Å². The first-order valence-electron chi connectivity index (χ1n) is 7.56. The molecule has 2 aromatic rings. The highest BCUT2D eigenvalue weighted by atomic mass is 16.5. The fourth-order valence-electron chi connectivity index (χ4n) is 2.27. The lowest BCUT2D eigenvalue weighted by atomic mass is 10.1. The number of benzene rings is 1. The van der Waals surface area contributed by atoms with Crippen LogP contribution < -0.4 is 4.74 Å². The summed E-state index contributed by atoms with van der Waals surface area (Å²) in [6, 6.07) is 8.03. The number of carbonyl (C=O) groups is 1. The smallest absolute Gasteiger partial charge is 0.246 e. The molecule has 5 nitrogen and oxygen atoms in total. The van der Waals surface area contributed by atoms with E-state index in [1.807, 2.05) is 51.5 Å². The lowest BCUT2D eigenvalue weighted by molar-refractivity contribution is -0.126. The van der Waals surface area contributed by atoms with Gasteiger partial charge in [0.25, 0.3) is 0 Å². The second-order valence-corrected chi connectivity index (χ2v) is 5.63. The molecule has 1 amide bonds. The van der Waals surface area contributed by atoms with E-state index in [-0.39, 0.29) is 11.9 Å². The molecular weight excluding hydrogens is 290 g/mol. The highest BCUT2D eigenvalue weighted by molar-refractivity contribution is 5.91. The monoisotopic (exact) mass is 313 g/mol. The van der Waals surface area contributed by atoms with E-state index in [2.05, 4.69) is 5.10 Å². The molecule has 0 aliphatic rings. The van der Waals surface area contributed by atoms with Gasteiger partial charge in [0.2, 0.25) is 5.91 Å². The quantitative estimate of drug-likeness (QED) is 0.770. The Labute approximate surface area is 137 Å². The van der Waals surface area contributed by atoms with Crippen LogP contribution in [0.25, 0.3) is 6.08 Å². The van der Waals surface area contributed by atoms with Gasteiger partial charge in [0.15, 0.2) is 0 Å². The molecule has 0 saturated carbocycles. The number of amides is 1. The summed E-state index contributed by atoms with van der Waals surface area (Å²) in [6.07, 6.45) is 7.76. The number of nitrogens with zero attached hydrogens (tertiary/aromatic N) is 3. The molecule has 0 radical (unpaired) electrons. The zero-order chi connectivity index (χ0) is 16.8. The number of likely N-dealkylation sites (N-methyl/N-ethyl adjacent to an activating group) is 1. The van der Waals surface area contributed by atoms with Crippen LogP contribution in [0.1, 0.15) is 18.1 Å². The first-order valence-corrected chi connectivity index (χ1v) is 7.56. The predicted molar refractivity (Wildman–Crippen MR) is 91.2 cm³/mol. The van der Waals surface area contributed by atoms with Crippen LogP contribution in [0.4, 0.5) is 0 Å². The average molecular weight is 313 g/mol. The van der Waals surface area contributed by atoms with Crippen LogP contribution in [0.3, 0.4) is 0 Å². The molecule has 1 aromatic carbocycles. The Balaban J connectivity index is 1.93. The van der Waals surface area contributed by atoms with E-state index in [0.717, 1.165) is 17.7 Å². The van der Waals surface area contributed by atoms with Gasteiger partial charge in [-0.2, -0.15) is 5.10 Å². The summed E-state index contributed by atoms with van der Waals surface area (Å²) in [6.45, 7) is 2.04. The molecule has 0 N–H and O–H groups in total. The van der Waals surface area contributed by atoms with Crippen LogP contribution in [-0.4, -0.2) is 40.8 Å². The van der Waals surface area contributed by atoms with Gasteiger partial charge in [-0.05, 0) is 37.1 Å². The molecule has 0 saturated heterocycles. The van der Waals surface area contributed by atoms with Crippen molar-refractivity contribution in [2.75, 3.05) is 14.2 Å². The van der Waals surface area contributed by atoms with E-state index in [0.29, 0.717) is 0 Å². The molecule has 0 bridgehead atoms. The van der Waals surface area contributed by atoms with Crippen LogP contribution in [0.15, 0.2) is 42.7 Å². The molecule has 0 spiro atoms. The zero-order valence-corrected chi connectivity index (χ0v) is 14.1. The van der Waals surface area contributed by atoms with E-state index in [1.54, 1.807) is 35.0 Å². The van der Waals surface area contributed by atoms with Crippen molar-refractivity contribution in [1.29, 1.82) is 0 Å². The maximum Gasteiger partial charge on any atom is 0.246 e. The van der Waals surface area contributed by atoms with Crippen LogP contribution in [-0.2, 0) is 18.3 Å². The minimum absolute atomic E-state index is 0.0186. The Hall–Kier alpha value is -2.56. The fourth-order valence-corrected chi connectivity index (χ4v) is 2.27. The zero-order valence-electron chi connectivity index (χ0n) is 14.1. The molecule has 0 fully saturated rings. The van der Waals surface area contributed by atoms with Crippen molar-refractivity contribution in [3.63, 3.8) is 0 Å². The van der Waals surface area contributed by atoms with Crippen molar-refractivity contribution in [2.45, 2.75) is 19.4 Å². The summed E-state index contributed by atoms with van der Waals surface area (Å²) < 4.78 is 6.86. The highest BCUT2D eigenvalue weighted by Gasteiger charge is 2.14.